The van der Waals surface area contributed by atoms with E-state index in [9.17, 15) is 14.9 Å². The fourth-order valence-electron chi connectivity index (χ4n) is 2.71. The Morgan fingerprint density at radius 3 is 2.67 bits per heavy atom. The van der Waals surface area contributed by atoms with E-state index in [0.29, 0.717) is 11.4 Å². The Balaban J connectivity index is 1.84. The molecule has 1 aliphatic rings. The van der Waals surface area contributed by atoms with E-state index in [0.717, 1.165) is 29.7 Å². The topological polar surface area (TPSA) is 63.4 Å². The van der Waals surface area contributed by atoms with Crippen LogP contribution in [-0.4, -0.2) is 22.3 Å². The van der Waals surface area contributed by atoms with Gasteiger partial charge >= 0.3 is 5.00 Å². The molecule has 0 radical (unpaired) electrons. The van der Waals surface area contributed by atoms with Gasteiger partial charge in [0.15, 0.2) is 0 Å². The van der Waals surface area contributed by atoms with Gasteiger partial charge in [-0.3, -0.25) is 14.9 Å². The lowest BCUT2D eigenvalue weighted by Gasteiger charge is -2.24. The minimum Gasteiger partial charge on any atom is -0.331 e. The zero-order valence-corrected chi connectivity index (χ0v) is 12.1. The summed E-state index contributed by atoms with van der Waals surface area (Å²) in [6.45, 7) is 0.699. The zero-order chi connectivity index (χ0) is 14.8. The number of nitro groups is 1. The number of nitrogens with zero attached hydrogens (tertiary/aromatic N) is 2. The molecule has 2 aromatic rings. The molecule has 0 saturated carbocycles. The summed E-state index contributed by atoms with van der Waals surface area (Å²) in [7, 11) is 0. The maximum absolute atomic E-state index is 12.6. The van der Waals surface area contributed by atoms with Crippen LogP contribution >= 0.6 is 11.3 Å². The van der Waals surface area contributed by atoms with Crippen LogP contribution in [0.3, 0.4) is 0 Å². The molecular weight excluding hydrogens is 288 g/mol. The second kappa shape index (κ2) is 5.65. The fourth-order valence-corrected chi connectivity index (χ4v) is 3.49. The maximum Gasteiger partial charge on any atom is 0.324 e. The number of carbonyl (C=O) groups is 1. The van der Waals surface area contributed by atoms with E-state index < -0.39 is 4.92 Å². The number of rotatable bonds is 3. The SMILES string of the molecule is O=C(c1ccc([N+](=O)[O-])s1)N1CCCC1c1ccccc1. The predicted molar refractivity (Wildman–Crippen MR) is 80.4 cm³/mol. The third-order valence-electron chi connectivity index (χ3n) is 3.68. The van der Waals surface area contributed by atoms with Crippen molar-refractivity contribution in [1.29, 1.82) is 0 Å². The van der Waals surface area contributed by atoms with Crippen LogP contribution in [0.4, 0.5) is 5.00 Å². The second-order valence-electron chi connectivity index (χ2n) is 4.96. The Morgan fingerprint density at radius 2 is 2.00 bits per heavy atom. The average molecular weight is 302 g/mol. The monoisotopic (exact) mass is 302 g/mol. The van der Waals surface area contributed by atoms with Crippen LogP contribution in [0.2, 0.25) is 0 Å². The van der Waals surface area contributed by atoms with Crippen LogP contribution in [0.25, 0.3) is 0 Å². The van der Waals surface area contributed by atoms with E-state index in [2.05, 4.69) is 0 Å². The molecule has 1 aromatic heterocycles. The van der Waals surface area contributed by atoms with Gasteiger partial charge in [-0.1, -0.05) is 41.7 Å². The van der Waals surface area contributed by atoms with Gasteiger partial charge in [0.05, 0.1) is 15.8 Å². The second-order valence-corrected chi connectivity index (χ2v) is 6.02. The first-order chi connectivity index (χ1) is 10.2. The molecule has 2 heterocycles. The molecule has 5 nitrogen and oxygen atoms in total. The number of hydrogen-bond donors (Lipinski definition) is 0. The molecular formula is C15H14N2O3S. The van der Waals surface area contributed by atoms with Crippen molar-refractivity contribution in [2.45, 2.75) is 18.9 Å². The molecule has 6 heteroatoms. The van der Waals surface area contributed by atoms with Gasteiger partial charge in [0.1, 0.15) is 0 Å². The summed E-state index contributed by atoms with van der Waals surface area (Å²) in [4.78, 5) is 25.1. The molecule has 1 saturated heterocycles. The summed E-state index contributed by atoms with van der Waals surface area (Å²) >= 11 is 0.943. The molecule has 1 amide bonds. The lowest BCUT2D eigenvalue weighted by Crippen LogP contribution is -2.29. The van der Waals surface area contributed by atoms with Crippen LogP contribution < -0.4 is 0 Å². The molecule has 1 atom stereocenters. The van der Waals surface area contributed by atoms with E-state index in [1.807, 2.05) is 35.2 Å². The first kappa shape index (κ1) is 13.8. The highest BCUT2D eigenvalue weighted by molar-refractivity contribution is 7.17. The van der Waals surface area contributed by atoms with E-state index >= 15 is 0 Å². The molecule has 0 aliphatic carbocycles. The van der Waals surface area contributed by atoms with Crippen LogP contribution in [0.5, 0.6) is 0 Å². The van der Waals surface area contributed by atoms with Gasteiger partial charge < -0.3 is 4.90 Å². The van der Waals surface area contributed by atoms with Crippen molar-refractivity contribution in [3.05, 3.63) is 63.0 Å². The minimum atomic E-state index is -0.458. The smallest absolute Gasteiger partial charge is 0.324 e. The number of hydrogen-bond acceptors (Lipinski definition) is 4. The van der Waals surface area contributed by atoms with E-state index in [4.69, 9.17) is 0 Å². The van der Waals surface area contributed by atoms with Gasteiger partial charge in [0.2, 0.25) is 0 Å². The lowest BCUT2D eigenvalue weighted by atomic mass is 10.0. The van der Waals surface area contributed by atoms with Gasteiger partial charge in [-0.05, 0) is 24.5 Å². The van der Waals surface area contributed by atoms with Crippen molar-refractivity contribution in [2.75, 3.05) is 6.54 Å². The standard InChI is InChI=1S/C15H14N2O3S/c18-15(13-8-9-14(21-13)17(19)20)16-10-4-7-12(16)11-5-2-1-3-6-11/h1-3,5-6,8-9,12H,4,7,10H2. The molecule has 1 aromatic carbocycles. The third kappa shape index (κ3) is 2.67. The minimum absolute atomic E-state index is 0.00816. The summed E-state index contributed by atoms with van der Waals surface area (Å²) in [6.07, 6.45) is 1.89. The van der Waals surface area contributed by atoms with Gasteiger partial charge in [0, 0.05) is 12.6 Å². The highest BCUT2D eigenvalue weighted by Gasteiger charge is 2.31. The van der Waals surface area contributed by atoms with Crippen LogP contribution in [0.1, 0.15) is 34.1 Å². The molecule has 1 aliphatic heterocycles. The van der Waals surface area contributed by atoms with Gasteiger partial charge in [-0.25, -0.2) is 0 Å². The zero-order valence-electron chi connectivity index (χ0n) is 11.3. The molecule has 0 bridgehead atoms. The first-order valence-corrected chi connectivity index (χ1v) is 7.58. The Bertz CT molecular complexity index is 669. The molecule has 108 valence electrons. The van der Waals surface area contributed by atoms with E-state index in [1.165, 1.54) is 6.07 Å². The van der Waals surface area contributed by atoms with Crippen LogP contribution in [0, 0.1) is 10.1 Å². The third-order valence-corrected chi connectivity index (χ3v) is 4.71. The van der Waals surface area contributed by atoms with Gasteiger partial charge in [-0.15, -0.1) is 0 Å². The van der Waals surface area contributed by atoms with E-state index in [-0.39, 0.29) is 17.0 Å². The summed E-state index contributed by atoms with van der Waals surface area (Å²) in [5.74, 6) is -0.112. The number of carbonyl (C=O) groups excluding carboxylic acids is 1. The molecule has 0 N–H and O–H groups in total. The molecule has 1 fully saturated rings. The van der Waals surface area contributed by atoms with Crippen molar-refractivity contribution in [2.24, 2.45) is 0 Å². The van der Waals surface area contributed by atoms with Crippen molar-refractivity contribution in [1.82, 2.24) is 4.90 Å². The molecule has 0 spiro atoms. The maximum atomic E-state index is 12.6. The first-order valence-electron chi connectivity index (χ1n) is 6.77. The van der Waals surface area contributed by atoms with Crippen molar-refractivity contribution in [3.8, 4) is 0 Å². The quantitative estimate of drug-likeness (QED) is 0.642. The van der Waals surface area contributed by atoms with Crippen LogP contribution in [-0.2, 0) is 0 Å². The number of amides is 1. The summed E-state index contributed by atoms with van der Waals surface area (Å²) < 4.78 is 0. The van der Waals surface area contributed by atoms with Crippen molar-refractivity contribution < 1.29 is 9.72 Å². The van der Waals surface area contributed by atoms with Crippen molar-refractivity contribution >= 4 is 22.2 Å². The Hall–Kier alpha value is -2.21. The number of likely N-dealkylation sites (tertiary alicyclic amines) is 1. The Labute approximate surface area is 126 Å². The Morgan fingerprint density at radius 1 is 1.24 bits per heavy atom. The van der Waals surface area contributed by atoms with Crippen molar-refractivity contribution in [3.63, 3.8) is 0 Å². The predicted octanol–water partition coefficient (Wildman–Crippen LogP) is 3.63. The molecule has 21 heavy (non-hydrogen) atoms. The average Bonchev–Trinajstić information content (AvgIpc) is 3.17. The van der Waals surface area contributed by atoms with Crippen LogP contribution in [0.15, 0.2) is 42.5 Å². The summed E-state index contributed by atoms with van der Waals surface area (Å²) in [6, 6.07) is 12.9. The van der Waals surface area contributed by atoms with Gasteiger partial charge in [-0.2, -0.15) is 0 Å². The van der Waals surface area contributed by atoms with E-state index in [1.54, 1.807) is 6.07 Å². The normalized spacial score (nSPS) is 17.9. The fraction of sp³-hybridized carbons (Fsp3) is 0.267. The molecule has 1 unspecified atom stereocenters. The number of thiophene rings is 1. The lowest BCUT2D eigenvalue weighted by molar-refractivity contribution is -0.380. The summed E-state index contributed by atoms with van der Waals surface area (Å²) in [5, 5.41) is 10.7. The largest absolute Gasteiger partial charge is 0.331 e. The van der Waals surface area contributed by atoms with Gasteiger partial charge in [0.25, 0.3) is 5.91 Å². The molecule has 3 rings (SSSR count). The summed E-state index contributed by atoms with van der Waals surface area (Å²) in [5.41, 5.74) is 1.12. The number of benzene rings is 1. The highest BCUT2D eigenvalue weighted by Crippen LogP contribution is 2.34. The highest BCUT2D eigenvalue weighted by atomic mass is 32.1. The Kier molecular flexibility index (Phi) is 3.70.